The summed E-state index contributed by atoms with van der Waals surface area (Å²) >= 11 is 1.52. The van der Waals surface area contributed by atoms with Crippen LogP contribution in [0.3, 0.4) is 0 Å². The van der Waals surface area contributed by atoms with Crippen LogP contribution < -0.4 is 10.2 Å². The molecule has 2 aliphatic rings. The van der Waals surface area contributed by atoms with Gasteiger partial charge in [-0.2, -0.15) is 0 Å². The predicted octanol–water partition coefficient (Wildman–Crippen LogP) is 5.00. The number of rotatable bonds is 4. The maximum atomic E-state index is 12.9. The lowest BCUT2D eigenvalue weighted by Crippen LogP contribution is -2.31. The highest BCUT2D eigenvalue weighted by atomic mass is 32.1. The maximum Gasteiger partial charge on any atom is 0.271 e. The molecule has 2 aromatic heterocycles. The van der Waals surface area contributed by atoms with Gasteiger partial charge in [0, 0.05) is 30.2 Å². The first-order valence-corrected chi connectivity index (χ1v) is 11.7. The molecule has 1 fully saturated rings. The number of nitrogens with one attached hydrogen (secondary N) is 1. The maximum absolute atomic E-state index is 12.9. The number of fused-ring (bicyclic) bond motifs is 1. The fourth-order valence-electron chi connectivity index (χ4n) is 4.49. The van der Waals surface area contributed by atoms with Gasteiger partial charge in [-0.3, -0.25) is 4.79 Å². The van der Waals surface area contributed by atoms with Crippen molar-refractivity contribution >= 4 is 23.1 Å². The lowest BCUT2D eigenvalue weighted by atomic mass is 9.88. The minimum Gasteiger partial charge on any atom is -0.357 e. The van der Waals surface area contributed by atoms with Crippen molar-refractivity contribution in [1.82, 2.24) is 15.3 Å². The van der Waals surface area contributed by atoms with Crippen LogP contribution in [0.5, 0.6) is 0 Å². The van der Waals surface area contributed by atoms with Gasteiger partial charge in [0.15, 0.2) is 0 Å². The van der Waals surface area contributed by atoms with E-state index in [0.29, 0.717) is 5.69 Å². The van der Waals surface area contributed by atoms with Crippen molar-refractivity contribution < 1.29 is 4.79 Å². The highest BCUT2D eigenvalue weighted by molar-refractivity contribution is 7.13. The molecule has 1 atom stereocenters. The Morgan fingerprint density at radius 1 is 1.10 bits per heavy atom. The molecule has 1 N–H and O–H groups in total. The molecule has 1 amide bonds. The smallest absolute Gasteiger partial charge is 0.271 e. The van der Waals surface area contributed by atoms with E-state index in [1.165, 1.54) is 41.7 Å². The van der Waals surface area contributed by atoms with Crippen LogP contribution in [0, 0.1) is 0 Å². The summed E-state index contributed by atoms with van der Waals surface area (Å²) in [5.74, 6) is 0.914. The van der Waals surface area contributed by atoms with Gasteiger partial charge in [-0.15, -0.1) is 11.3 Å². The third-order valence-corrected chi connectivity index (χ3v) is 6.98. The van der Waals surface area contributed by atoms with E-state index in [-0.39, 0.29) is 11.9 Å². The second-order valence-corrected chi connectivity index (χ2v) is 8.96. The van der Waals surface area contributed by atoms with E-state index < -0.39 is 0 Å². The Hall–Kier alpha value is -2.73. The van der Waals surface area contributed by atoms with Crippen molar-refractivity contribution in [2.24, 2.45) is 0 Å². The number of carbonyl (C=O) groups excluding carboxylic acids is 1. The standard InChI is InChI=1S/C24H26N4OS/c29-23(26-20-10-6-8-17-7-2-3-9-19(17)20)21-16-30-24(27-21)18-11-12-25-22(15-18)28-13-4-1-5-14-28/h2-3,7,9,11-12,15-16,20H,1,4-6,8,10,13-14H2,(H,26,29)/t20-/m0/s1. The van der Waals surface area contributed by atoms with E-state index in [2.05, 4.69) is 44.5 Å². The summed E-state index contributed by atoms with van der Waals surface area (Å²) in [6, 6.07) is 12.6. The Bertz CT molecular complexity index is 1040. The fraction of sp³-hybridized carbons (Fsp3) is 0.375. The van der Waals surface area contributed by atoms with Crippen LogP contribution in [-0.2, 0) is 6.42 Å². The summed E-state index contributed by atoms with van der Waals surface area (Å²) in [5.41, 5.74) is 4.11. The number of thiazole rings is 1. The predicted molar refractivity (Wildman–Crippen MR) is 121 cm³/mol. The number of anilines is 1. The Labute approximate surface area is 181 Å². The van der Waals surface area contributed by atoms with Crippen LogP contribution in [-0.4, -0.2) is 29.0 Å². The number of hydrogen-bond donors (Lipinski definition) is 1. The van der Waals surface area contributed by atoms with Crippen LogP contribution >= 0.6 is 11.3 Å². The van der Waals surface area contributed by atoms with Crippen molar-refractivity contribution in [2.75, 3.05) is 18.0 Å². The molecule has 6 heteroatoms. The molecule has 154 valence electrons. The number of aryl methyl sites for hydroxylation is 1. The van der Waals surface area contributed by atoms with Crippen molar-refractivity contribution in [3.8, 4) is 10.6 Å². The number of hydrogen-bond acceptors (Lipinski definition) is 5. The SMILES string of the molecule is O=C(N[C@H]1CCCc2ccccc21)c1csc(-c2ccnc(N3CCCCC3)c2)n1. The fourth-order valence-corrected chi connectivity index (χ4v) is 5.29. The summed E-state index contributed by atoms with van der Waals surface area (Å²) in [7, 11) is 0. The highest BCUT2D eigenvalue weighted by Crippen LogP contribution is 2.31. The first-order chi connectivity index (χ1) is 14.8. The Balaban J connectivity index is 1.32. The number of nitrogens with zero attached hydrogens (tertiary/aromatic N) is 3. The molecule has 3 heterocycles. The number of amides is 1. The van der Waals surface area contributed by atoms with Gasteiger partial charge in [0.1, 0.15) is 16.5 Å². The van der Waals surface area contributed by atoms with Crippen molar-refractivity contribution in [1.29, 1.82) is 0 Å². The molecule has 0 saturated carbocycles. The third-order valence-electron chi connectivity index (χ3n) is 6.08. The van der Waals surface area contributed by atoms with Gasteiger partial charge in [-0.05, 0) is 61.8 Å². The first-order valence-electron chi connectivity index (χ1n) is 10.8. The average Bonchev–Trinajstić information content (AvgIpc) is 3.31. The zero-order valence-electron chi connectivity index (χ0n) is 17.0. The van der Waals surface area contributed by atoms with Crippen LogP contribution in [0.25, 0.3) is 10.6 Å². The molecule has 5 rings (SSSR count). The van der Waals surface area contributed by atoms with Gasteiger partial charge in [0.05, 0.1) is 6.04 Å². The molecule has 5 nitrogen and oxygen atoms in total. The molecule has 1 aliphatic carbocycles. The van der Waals surface area contributed by atoms with Gasteiger partial charge in [0.25, 0.3) is 5.91 Å². The number of carbonyl (C=O) groups is 1. The molecule has 1 aliphatic heterocycles. The summed E-state index contributed by atoms with van der Waals surface area (Å²) in [6.07, 6.45) is 8.75. The van der Waals surface area contributed by atoms with Crippen molar-refractivity contribution in [2.45, 2.75) is 44.6 Å². The van der Waals surface area contributed by atoms with E-state index in [1.54, 1.807) is 0 Å². The van der Waals surface area contributed by atoms with Gasteiger partial charge in [-0.1, -0.05) is 24.3 Å². The molecule has 1 saturated heterocycles. The van der Waals surface area contributed by atoms with Gasteiger partial charge >= 0.3 is 0 Å². The lowest BCUT2D eigenvalue weighted by Gasteiger charge is -2.27. The van der Waals surface area contributed by atoms with Gasteiger partial charge in [0.2, 0.25) is 0 Å². The number of pyridine rings is 1. The van der Waals surface area contributed by atoms with Crippen LogP contribution in [0.2, 0.25) is 0 Å². The molecule has 30 heavy (non-hydrogen) atoms. The largest absolute Gasteiger partial charge is 0.357 e. The van der Waals surface area contributed by atoms with E-state index >= 15 is 0 Å². The lowest BCUT2D eigenvalue weighted by molar-refractivity contribution is 0.0928. The van der Waals surface area contributed by atoms with Crippen molar-refractivity contribution in [3.63, 3.8) is 0 Å². The van der Waals surface area contributed by atoms with Gasteiger partial charge < -0.3 is 10.2 Å². The molecule has 0 radical (unpaired) electrons. The highest BCUT2D eigenvalue weighted by Gasteiger charge is 2.23. The second-order valence-electron chi connectivity index (χ2n) is 8.11. The number of aromatic nitrogens is 2. The molecule has 0 unspecified atom stereocenters. The van der Waals surface area contributed by atoms with Crippen LogP contribution in [0.1, 0.15) is 59.8 Å². The molecule has 1 aromatic carbocycles. The monoisotopic (exact) mass is 418 g/mol. The minimum atomic E-state index is -0.0930. The molecular weight excluding hydrogens is 392 g/mol. The van der Waals surface area contributed by atoms with E-state index in [9.17, 15) is 4.79 Å². The number of benzene rings is 1. The normalized spacial score (nSPS) is 18.7. The molecule has 0 bridgehead atoms. The van der Waals surface area contributed by atoms with E-state index in [0.717, 1.165) is 48.7 Å². The second kappa shape index (κ2) is 8.56. The number of piperidine rings is 1. The Kier molecular flexibility index (Phi) is 5.49. The van der Waals surface area contributed by atoms with Crippen molar-refractivity contribution in [3.05, 3.63) is 64.8 Å². The quantitative estimate of drug-likeness (QED) is 0.648. The molecular formula is C24H26N4OS. The van der Waals surface area contributed by atoms with Crippen LogP contribution in [0.4, 0.5) is 5.82 Å². The Morgan fingerprint density at radius 3 is 2.87 bits per heavy atom. The minimum absolute atomic E-state index is 0.0687. The van der Waals surface area contributed by atoms with E-state index in [1.807, 2.05) is 23.7 Å². The first kappa shape index (κ1) is 19.2. The summed E-state index contributed by atoms with van der Waals surface area (Å²) in [6.45, 7) is 2.12. The molecule has 3 aromatic rings. The zero-order valence-corrected chi connectivity index (χ0v) is 17.8. The summed E-state index contributed by atoms with van der Waals surface area (Å²) < 4.78 is 0. The summed E-state index contributed by atoms with van der Waals surface area (Å²) in [5, 5.41) is 5.93. The summed E-state index contributed by atoms with van der Waals surface area (Å²) in [4.78, 5) is 24.4. The van der Waals surface area contributed by atoms with Crippen LogP contribution in [0.15, 0.2) is 48.0 Å². The Morgan fingerprint density at radius 2 is 1.97 bits per heavy atom. The third kappa shape index (κ3) is 3.97. The topological polar surface area (TPSA) is 58.1 Å². The van der Waals surface area contributed by atoms with Gasteiger partial charge in [-0.25, -0.2) is 9.97 Å². The molecule has 0 spiro atoms. The van der Waals surface area contributed by atoms with E-state index in [4.69, 9.17) is 0 Å². The zero-order chi connectivity index (χ0) is 20.3. The average molecular weight is 419 g/mol.